The van der Waals surface area contributed by atoms with Crippen LogP contribution in [0.2, 0.25) is 0 Å². The number of aryl methyl sites for hydroxylation is 1. The molecule has 6 nitrogen and oxygen atoms in total. The molecule has 6 heteroatoms. The molecule has 1 N–H and O–H groups in total. The maximum atomic E-state index is 12.6. The van der Waals surface area contributed by atoms with Crippen molar-refractivity contribution >= 4 is 6.03 Å². The highest BCUT2D eigenvalue weighted by Crippen LogP contribution is 2.32. The first-order chi connectivity index (χ1) is 12.0. The molecule has 0 aliphatic carbocycles. The Hall–Kier alpha value is -1.53. The molecule has 140 valence electrons. The molecule has 0 unspecified atom stereocenters. The monoisotopic (exact) mass is 348 g/mol. The number of urea groups is 1. The molecule has 3 heterocycles. The quantitative estimate of drug-likeness (QED) is 0.888. The van der Waals surface area contributed by atoms with Crippen molar-refractivity contribution in [2.45, 2.75) is 44.7 Å². The molecule has 0 spiro atoms. The lowest BCUT2D eigenvalue weighted by Gasteiger charge is -2.35. The van der Waals surface area contributed by atoms with Gasteiger partial charge in [0, 0.05) is 25.7 Å². The topological polar surface area (TPSA) is 52.0 Å². The number of likely N-dealkylation sites (tertiary alicyclic amines) is 2. The van der Waals surface area contributed by atoms with Crippen molar-refractivity contribution in [1.82, 2.24) is 20.0 Å². The summed E-state index contributed by atoms with van der Waals surface area (Å²) in [5.74, 6) is 1.82. The van der Waals surface area contributed by atoms with E-state index >= 15 is 0 Å². The highest BCUT2D eigenvalue weighted by atomic mass is 16.3. The van der Waals surface area contributed by atoms with Crippen molar-refractivity contribution in [3.05, 3.63) is 23.7 Å². The zero-order valence-electron chi connectivity index (χ0n) is 15.8. The second-order valence-electron chi connectivity index (χ2n) is 7.57. The largest absolute Gasteiger partial charge is 0.464 e. The summed E-state index contributed by atoms with van der Waals surface area (Å²) in [7, 11) is 4.32. The summed E-state index contributed by atoms with van der Waals surface area (Å²) >= 11 is 0. The molecular weight excluding hydrogens is 316 g/mol. The van der Waals surface area contributed by atoms with E-state index in [0.29, 0.717) is 12.6 Å². The molecule has 2 fully saturated rings. The van der Waals surface area contributed by atoms with Gasteiger partial charge in [-0.15, -0.1) is 0 Å². The van der Waals surface area contributed by atoms with Crippen molar-refractivity contribution < 1.29 is 9.21 Å². The summed E-state index contributed by atoms with van der Waals surface area (Å²) in [5.41, 5.74) is 0. The second kappa shape index (κ2) is 8.23. The molecular formula is C19H32N4O2. The first-order valence-electron chi connectivity index (χ1n) is 9.54. The molecule has 2 saturated heterocycles. The Balaban J connectivity index is 1.42. The number of carbonyl (C=O) groups excluding carboxylic acids is 1. The van der Waals surface area contributed by atoms with Gasteiger partial charge < -0.3 is 24.4 Å². The van der Waals surface area contributed by atoms with Crippen LogP contribution < -0.4 is 5.32 Å². The fraction of sp³-hybridized carbons (Fsp3) is 0.737. The van der Waals surface area contributed by atoms with E-state index in [1.165, 1.54) is 12.8 Å². The number of nitrogens with zero attached hydrogens (tertiary/aromatic N) is 3. The fourth-order valence-electron chi connectivity index (χ4n) is 4.02. The molecule has 1 atom stereocenters. The highest BCUT2D eigenvalue weighted by molar-refractivity contribution is 5.75. The smallest absolute Gasteiger partial charge is 0.318 e. The third kappa shape index (κ3) is 4.55. The molecule has 2 amide bonds. The average Bonchev–Trinajstić information content (AvgIpc) is 3.23. The van der Waals surface area contributed by atoms with Gasteiger partial charge in [0.05, 0.1) is 6.04 Å². The van der Waals surface area contributed by atoms with E-state index in [4.69, 9.17) is 4.42 Å². The molecule has 2 aliphatic heterocycles. The summed E-state index contributed by atoms with van der Waals surface area (Å²) in [5, 5.41) is 3.11. The van der Waals surface area contributed by atoms with Crippen molar-refractivity contribution in [2.75, 3.05) is 46.8 Å². The summed E-state index contributed by atoms with van der Waals surface area (Å²) in [6, 6.07) is 4.80. The van der Waals surface area contributed by atoms with Crippen molar-refractivity contribution in [3.8, 4) is 0 Å². The van der Waals surface area contributed by atoms with E-state index in [1.807, 2.05) is 24.0 Å². The van der Waals surface area contributed by atoms with Crippen LogP contribution in [0.3, 0.4) is 0 Å². The molecule has 1 aromatic rings. The van der Waals surface area contributed by atoms with Gasteiger partial charge in [-0.2, -0.15) is 0 Å². The Morgan fingerprint density at radius 2 is 2.00 bits per heavy atom. The molecule has 25 heavy (non-hydrogen) atoms. The predicted octanol–water partition coefficient (Wildman–Crippen LogP) is 2.46. The lowest BCUT2D eigenvalue weighted by molar-refractivity contribution is 0.143. The van der Waals surface area contributed by atoms with Crippen LogP contribution in [-0.2, 0) is 0 Å². The first-order valence-corrected chi connectivity index (χ1v) is 9.54. The highest BCUT2D eigenvalue weighted by Gasteiger charge is 2.32. The zero-order chi connectivity index (χ0) is 17.8. The summed E-state index contributed by atoms with van der Waals surface area (Å²) < 4.78 is 5.74. The van der Waals surface area contributed by atoms with Crippen molar-refractivity contribution in [1.29, 1.82) is 0 Å². The van der Waals surface area contributed by atoms with Gasteiger partial charge in [-0.1, -0.05) is 0 Å². The lowest BCUT2D eigenvalue weighted by Crippen LogP contribution is -2.46. The van der Waals surface area contributed by atoms with E-state index in [1.54, 1.807) is 0 Å². The summed E-state index contributed by atoms with van der Waals surface area (Å²) in [6.45, 7) is 6.65. The molecule has 0 aromatic carbocycles. The molecule has 0 bridgehead atoms. The lowest BCUT2D eigenvalue weighted by atomic mass is 10.0. The summed E-state index contributed by atoms with van der Waals surface area (Å²) in [6.07, 6.45) is 4.45. The maximum absolute atomic E-state index is 12.6. The van der Waals surface area contributed by atoms with E-state index in [9.17, 15) is 4.79 Å². The minimum absolute atomic E-state index is 0.0414. The predicted molar refractivity (Wildman–Crippen MR) is 98.7 cm³/mol. The molecule has 2 aliphatic rings. The SMILES string of the molecule is Cc1ccc([C@@H]2CCCN2C(=O)NCCN2CCC(N(C)C)CC2)o1. The van der Waals surface area contributed by atoms with Gasteiger partial charge in [-0.3, -0.25) is 0 Å². The Kier molecular flexibility index (Phi) is 6.02. The Labute approximate surface area is 151 Å². The van der Waals surface area contributed by atoms with Crippen LogP contribution in [0.15, 0.2) is 16.5 Å². The third-order valence-corrected chi connectivity index (χ3v) is 5.59. The minimum Gasteiger partial charge on any atom is -0.464 e. The van der Waals surface area contributed by atoms with Gasteiger partial charge in [0.15, 0.2) is 0 Å². The van der Waals surface area contributed by atoms with Crippen LogP contribution in [0.25, 0.3) is 0 Å². The van der Waals surface area contributed by atoms with Crippen LogP contribution in [0, 0.1) is 6.92 Å². The second-order valence-corrected chi connectivity index (χ2v) is 7.57. The fourth-order valence-corrected chi connectivity index (χ4v) is 4.02. The van der Waals surface area contributed by atoms with E-state index in [2.05, 4.69) is 29.2 Å². The number of nitrogens with one attached hydrogen (secondary N) is 1. The standard InChI is InChI=1S/C19H32N4O2/c1-15-6-7-18(25-15)17-5-4-11-23(17)19(24)20-10-14-22-12-8-16(9-13-22)21(2)3/h6-7,16-17H,4-5,8-14H2,1-3H3,(H,20,24)/t17-/m0/s1. The van der Waals surface area contributed by atoms with Crippen LogP contribution in [0.1, 0.15) is 43.2 Å². The van der Waals surface area contributed by atoms with Gasteiger partial charge >= 0.3 is 6.03 Å². The van der Waals surface area contributed by atoms with E-state index < -0.39 is 0 Å². The van der Waals surface area contributed by atoms with Crippen molar-refractivity contribution in [2.24, 2.45) is 0 Å². The van der Waals surface area contributed by atoms with Crippen molar-refractivity contribution in [3.63, 3.8) is 0 Å². The van der Waals surface area contributed by atoms with E-state index in [-0.39, 0.29) is 12.1 Å². The maximum Gasteiger partial charge on any atom is 0.318 e. The molecule has 0 radical (unpaired) electrons. The zero-order valence-corrected chi connectivity index (χ0v) is 15.8. The van der Waals surface area contributed by atoms with Gasteiger partial charge in [0.2, 0.25) is 0 Å². The average molecular weight is 348 g/mol. The molecule has 1 aromatic heterocycles. The number of carbonyl (C=O) groups is 1. The van der Waals surface area contributed by atoms with Gasteiger partial charge in [-0.25, -0.2) is 4.79 Å². The number of hydrogen-bond donors (Lipinski definition) is 1. The van der Waals surface area contributed by atoms with E-state index in [0.717, 1.165) is 50.5 Å². The Bertz CT molecular complexity index is 564. The Morgan fingerprint density at radius 1 is 1.24 bits per heavy atom. The number of piperidine rings is 1. The normalized spacial score (nSPS) is 22.7. The summed E-state index contributed by atoms with van der Waals surface area (Å²) in [4.78, 5) is 19.3. The number of amides is 2. The van der Waals surface area contributed by atoms with Crippen LogP contribution in [0.5, 0.6) is 0 Å². The third-order valence-electron chi connectivity index (χ3n) is 5.59. The van der Waals surface area contributed by atoms with Crippen LogP contribution in [0.4, 0.5) is 4.79 Å². The van der Waals surface area contributed by atoms with Crippen LogP contribution >= 0.6 is 0 Å². The van der Waals surface area contributed by atoms with Gasteiger partial charge in [0.1, 0.15) is 11.5 Å². The Morgan fingerprint density at radius 3 is 2.64 bits per heavy atom. The number of rotatable bonds is 5. The van der Waals surface area contributed by atoms with Gasteiger partial charge in [0.25, 0.3) is 0 Å². The van der Waals surface area contributed by atoms with Gasteiger partial charge in [-0.05, 0) is 71.9 Å². The molecule has 0 saturated carbocycles. The minimum atomic E-state index is 0.0414. The number of hydrogen-bond acceptors (Lipinski definition) is 4. The first kappa shape index (κ1) is 18.3. The molecule has 3 rings (SSSR count). The number of furan rings is 1. The van der Waals surface area contributed by atoms with Crippen LogP contribution in [-0.4, -0.2) is 73.6 Å².